The van der Waals surface area contributed by atoms with Crippen LogP contribution < -0.4 is 11.1 Å². The van der Waals surface area contributed by atoms with Crippen LogP contribution in [0.15, 0.2) is 30.3 Å². The number of nitrogens with zero attached hydrogens (tertiary/aromatic N) is 1. The summed E-state index contributed by atoms with van der Waals surface area (Å²) in [6, 6.07) is 8.61. The maximum Gasteiger partial charge on any atom is 0.314 e. The molecule has 1 saturated heterocycles. The Labute approximate surface area is 159 Å². The van der Waals surface area contributed by atoms with Crippen molar-refractivity contribution >= 4 is 17.8 Å². The monoisotopic (exact) mass is 375 g/mol. The maximum absolute atomic E-state index is 12.9. The number of likely N-dealkylation sites (tertiary alicyclic amines) is 1. The normalized spacial score (nSPS) is 17.2. The number of hydrogen-bond acceptors (Lipinski definition) is 4. The highest BCUT2D eigenvalue weighted by molar-refractivity contribution is 5.87. The van der Waals surface area contributed by atoms with Gasteiger partial charge in [-0.15, -0.1) is 0 Å². The topological polar surface area (TPSA) is 113 Å². The summed E-state index contributed by atoms with van der Waals surface area (Å²) in [5.41, 5.74) is 5.31. The number of amides is 2. The largest absolute Gasteiger partial charge is 0.481 e. The van der Waals surface area contributed by atoms with E-state index in [4.69, 9.17) is 5.73 Å². The minimum absolute atomic E-state index is 0.144. The zero-order valence-corrected chi connectivity index (χ0v) is 15.8. The van der Waals surface area contributed by atoms with E-state index in [9.17, 15) is 19.5 Å². The van der Waals surface area contributed by atoms with Gasteiger partial charge in [0.05, 0.1) is 5.41 Å². The number of carboxylic acids is 1. The molecule has 1 aliphatic rings. The third-order valence-electron chi connectivity index (χ3n) is 5.29. The van der Waals surface area contributed by atoms with E-state index in [1.165, 1.54) is 6.92 Å². The third-order valence-corrected chi connectivity index (χ3v) is 5.29. The lowest BCUT2D eigenvalue weighted by Gasteiger charge is -2.40. The van der Waals surface area contributed by atoms with E-state index >= 15 is 0 Å². The quantitative estimate of drug-likeness (QED) is 0.592. The van der Waals surface area contributed by atoms with Crippen LogP contribution in [0.25, 0.3) is 0 Å². The average Bonchev–Trinajstić information content (AvgIpc) is 2.67. The van der Waals surface area contributed by atoms with Crippen LogP contribution in [0.3, 0.4) is 0 Å². The van der Waals surface area contributed by atoms with Gasteiger partial charge in [-0.05, 0) is 44.2 Å². The Morgan fingerprint density at radius 1 is 1.19 bits per heavy atom. The predicted molar refractivity (Wildman–Crippen MR) is 102 cm³/mol. The Kier molecular flexibility index (Phi) is 7.36. The summed E-state index contributed by atoms with van der Waals surface area (Å²) < 4.78 is 0. The highest BCUT2D eigenvalue weighted by atomic mass is 16.4. The minimum Gasteiger partial charge on any atom is -0.481 e. The SMILES string of the molecule is CC(=O)N[C@@H](CCCCN)C(=O)N1CCC(C(=O)O)(c2ccccc2)CC1. The third kappa shape index (κ3) is 5.07. The Morgan fingerprint density at radius 2 is 1.81 bits per heavy atom. The van der Waals surface area contributed by atoms with Gasteiger partial charge in [-0.1, -0.05) is 30.3 Å². The van der Waals surface area contributed by atoms with Crippen molar-refractivity contribution in [3.8, 4) is 0 Å². The summed E-state index contributed by atoms with van der Waals surface area (Å²) in [6.07, 6.45) is 2.79. The fourth-order valence-corrected chi connectivity index (χ4v) is 3.71. The van der Waals surface area contributed by atoms with Gasteiger partial charge in [0.1, 0.15) is 6.04 Å². The molecule has 0 bridgehead atoms. The Balaban J connectivity index is 2.08. The van der Waals surface area contributed by atoms with E-state index in [1.807, 2.05) is 30.3 Å². The van der Waals surface area contributed by atoms with Gasteiger partial charge in [-0.25, -0.2) is 0 Å². The van der Waals surface area contributed by atoms with Crippen LogP contribution >= 0.6 is 0 Å². The van der Waals surface area contributed by atoms with Gasteiger partial charge >= 0.3 is 5.97 Å². The minimum atomic E-state index is -0.971. The molecule has 0 spiro atoms. The molecule has 2 amide bonds. The fourth-order valence-electron chi connectivity index (χ4n) is 3.71. The second kappa shape index (κ2) is 9.50. The first-order chi connectivity index (χ1) is 12.9. The first-order valence-corrected chi connectivity index (χ1v) is 9.45. The standard InChI is InChI=1S/C20H29N3O4/c1-15(24)22-17(9-5-6-12-21)18(25)23-13-10-20(11-14-23,19(26)27)16-7-3-2-4-8-16/h2-4,7-8,17H,5-6,9-14,21H2,1H3,(H,22,24)(H,26,27)/t17-/m0/s1. The van der Waals surface area contributed by atoms with Crippen molar-refractivity contribution in [1.29, 1.82) is 0 Å². The van der Waals surface area contributed by atoms with Crippen LogP contribution in [0, 0.1) is 0 Å². The van der Waals surface area contributed by atoms with Gasteiger partial charge in [0, 0.05) is 20.0 Å². The van der Waals surface area contributed by atoms with Crippen LogP contribution in [0.1, 0.15) is 44.6 Å². The van der Waals surface area contributed by atoms with Crippen LogP contribution in [0.4, 0.5) is 0 Å². The zero-order valence-electron chi connectivity index (χ0n) is 15.8. The first-order valence-electron chi connectivity index (χ1n) is 9.45. The molecule has 1 aliphatic heterocycles. The molecular weight excluding hydrogens is 346 g/mol. The number of rotatable bonds is 8. The van der Waals surface area contributed by atoms with Crippen LogP contribution in [0.2, 0.25) is 0 Å². The van der Waals surface area contributed by atoms with Gasteiger partial charge in [-0.3, -0.25) is 14.4 Å². The number of nitrogens with two attached hydrogens (primary N) is 1. The number of nitrogens with one attached hydrogen (secondary N) is 1. The highest BCUT2D eigenvalue weighted by Gasteiger charge is 2.44. The van der Waals surface area contributed by atoms with Crippen molar-refractivity contribution < 1.29 is 19.5 Å². The van der Waals surface area contributed by atoms with E-state index in [0.717, 1.165) is 18.4 Å². The number of carboxylic acid groups (broad SMARTS) is 1. The van der Waals surface area contributed by atoms with Crippen molar-refractivity contribution in [3.63, 3.8) is 0 Å². The summed E-state index contributed by atoms with van der Waals surface area (Å²) in [5.74, 6) is -1.25. The van der Waals surface area contributed by atoms with Gasteiger partial charge < -0.3 is 21.1 Å². The first kappa shape index (κ1) is 20.9. The van der Waals surface area contributed by atoms with E-state index in [2.05, 4.69) is 5.32 Å². The number of hydrogen-bond donors (Lipinski definition) is 3. The zero-order chi connectivity index (χ0) is 19.9. The molecule has 7 nitrogen and oxygen atoms in total. The molecule has 4 N–H and O–H groups in total. The molecule has 0 aromatic heterocycles. The molecule has 27 heavy (non-hydrogen) atoms. The number of carbonyl (C=O) groups excluding carboxylic acids is 2. The smallest absolute Gasteiger partial charge is 0.314 e. The van der Waals surface area contributed by atoms with Gasteiger partial charge in [0.2, 0.25) is 11.8 Å². The number of carbonyl (C=O) groups is 3. The predicted octanol–water partition coefficient (Wildman–Crippen LogP) is 1.27. The maximum atomic E-state index is 12.9. The lowest BCUT2D eigenvalue weighted by atomic mass is 9.72. The summed E-state index contributed by atoms with van der Waals surface area (Å²) >= 11 is 0. The van der Waals surface area contributed by atoms with Crippen molar-refractivity contribution in [2.45, 2.75) is 50.5 Å². The molecular formula is C20H29N3O4. The summed E-state index contributed by atoms with van der Waals surface area (Å²) in [5, 5.41) is 12.6. The number of unbranched alkanes of at least 4 members (excludes halogenated alkanes) is 1. The molecule has 148 valence electrons. The Morgan fingerprint density at radius 3 is 2.33 bits per heavy atom. The molecule has 1 atom stereocenters. The lowest BCUT2D eigenvalue weighted by molar-refractivity contribution is -0.149. The Hall–Kier alpha value is -2.41. The molecule has 2 rings (SSSR count). The highest BCUT2D eigenvalue weighted by Crippen LogP contribution is 2.36. The fraction of sp³-hybridized carbons (Fsp3) is 0.550. The van der Waals surface area contributed by atoms with Crippen molar-refractivity contribution in [1.82, 2.24) is 10.2 Å². The second-order valence-electron chi connectivity index (χ2n) is 7.12. The number of piperidine rings is 1. The molecule has 0 saturated carbocycles. The van der Waals surface area contributed by atoms with E-state index in [-0.39, 0.29) is 11.8 Å². The summed E-state index contributed by atoms with van der Waals surface area (Å²) in [6.45, 7) is 2.65. The average molecular weight is 375 g/mol. The van der Waals surface area contributed by atoms with E-state index < -0.39 is 17.4 Å². The van der Waals surface area contributed by atoms with Crippen LogP contribution in [0.5, 0.6) is 0 Å². The molecule has 0 unspecified atom stereocenters. The van der Waals surface area contributed by atoms with Gasteiger partial charge in [0.15, 0.2) is 0 Å². The molecule has 1 fully saturated rings. The van der Waals surface area contributed by atoms with E-state index in [1.54, 1.807) is 4.90 Å². The van der Waals surface area contributed by atoms with Crippen LogP contribution in [-0.4, -0.2) is 53.5 Å². The lowest BCUT2D eigenvalue weighted by Crippen LogP contribution is -2.54. The molecule has 1 aromatic rings. The van der Waals surface area contributed by atoms with Gasteiger partial charge in [0.25, 0.3) is 0 Å². The van der Waals surface area contributed by atoms with Crippen molar-refractivity contribution in [2.75, 3.05) is 19.6 Å². The molecule has 0 aliphatic carbocycles. The summed E-state index contributed by atoms with van der Waals surface area (Å²) in [7, 11) is 0. The molecule has 7 heteroatoms. The molecule has 0 radical (unpaired) electrons. The Bertz CT molecular complexity index is 654. The number of aliphatic carboxylic acids is 1. The van der Waals surface area contributed by atoms with Crippen LogP contribution in [-0.2, 0) is 19.8 Å². The van der Waals surface area contributed by atoms with E-state index in [0.29, 0.717) is 38.9 Å². The van der Waals surface area contributed by atoms with Gasteiger partial charge in [-0.2, -0.15) is 0 Å². The van der Waals surface area contributed by atoms with Crippen molar-refractivity contribution in [2.24, 2.45) is 5.73 Å². The number of benzene rings is 1. The molecule has 1 heterocycles. The summed E-state index contributed by atoms with van der Waals surface area (Å²) in [4.78, 5) is 38.1. The second-order valence-corrected chi connectivity index (χ2v) is 7.12. The van der Waals surface area contributed by atoms with Crippen molar-refractivity contribution in [3.05, 3.63) is 35.9 Å². The molecule has 1 aromatic carbocycles.